The first-order valence-electron chi connectivity index (χ1n) is 12.5. The van der Waals surface area contributed by atoms with Gasteiger partial charge in [-0.05, 0) is 72.7 Å². The van der Waals surface area contributed by atoms with Crippen LogP contribution in [0.3, 0.4) is 0 Å². The van der Waals surface area contributed by atoms with Crippen LogP contribution in [0, 0.1) is 5.82 Å². The van der Waals surface area contributed by atoms with E-state index in [1.807, 2.05) is 12.1 Å². The van der Waals surface area contributed by atoms with Crippen LogP contribution in [0.1, 0.15) is 74.6 Å². The van der Waals surface area contributed by atoms with E-state index >= 15 is 4.39 Å². The Balaban J connectivity index is 1.12. The van der Waals surface area contributed by atoms with E-state index in [0.29, 0.717) is 17.7 Å². The lowest BCUT2D eigenvalue weighted by atomic mass is 9.87. The van der Waals surface area contributed by atoms with Gasteiger partial charge >= 0.3 is 0 Å². The monoisotopic (exact) mass is 490 g/mol. The van der Waals surface area contributed by atoms with Crippen molar-refractivity contribution in [1.82, 2.24) is 20.4 Å². The molecule has 0 aromatic heterocycles. The summed E-state index contributed by atoms with van der Waals surface area (Å²) in [5, 5.41) is 5.14. The third kappa shape index (κ3) is 3.97. The number of imide groups is 1. The zero-order valence-corrected chi connectivity index (χ0v) is 19.8. The van der Waals surface area contributed by atoms with E-state index in [1.54, 1.807) is 6.07 Å². The summed E-state index contributed by atoms with van der Waals surface area (Å²) in [6.07, 6.45) is 2.07. The molecule has 4 heterocycles. The predicted octanol–water partition coefficient (Wildman–Crippen LogP) is 2.21. The van der Waals surface area contributed by atoms with E-state index in [4.69, 9.17) is 0 Å². The second-order valence-corrected chi connectivity index (χ2v) is 10.2. The molecule has 0 spiro atoms. The summed E-state index contributed by atoms with van der Waals surface area (Å²) < 4.78 is 15.2. The summed E-state index contributed by atoms with van der Waals surface area (Å²) in [6.45, 7) is 3.20. The summed E-state index contributed by atoms with van der Waals surface area (Å²) in [7, 11) is 0. The van der Waals surface area contributed by atoms with Gasteiger partial charge in [0.25, 0.3) is 11.8 Å². The van der Waals surface area contributed by atoms with E-state index in [0.717, 1.165) is 54.7 Å². The summed E-state index contributed by atoms with van der Waals surface area (Å²) in [4.78, 5) is 52.4. The molecule has 2 aromatic carbocycles. The first-order chi connectivity index (χ1) is 17.4. The van der Waals surface area contributed by atoms with Gasteiger partial charge in [0.1, 0.15) is 11.9 Å². The number of amides is 4. The molecule has 2 N–H and O–H groups in total. The van der Waals surface area contributed by atoms with Crippen LogP contribution in [-0.4, -0.2) is 52.6 Å². The average Bonchev–Trinajstić information content (AvgIpc) is 3.38. The topological polar surface area (TPSA) is 98.8 Å². The largest absolute Gasteiger partial charge is 0.348 e. The Morgan fingerprint density at radius 3 is 2.53 bits per heavy atom. The molecule has 9 heteroatoms. The van der Waals surface area contributed by atoms with Gasteiger partial charge in [0.05, 0.1) is 0 Å². The molecular weight excluding hydrogens is 463 g/mol. The molecule has 4 amide bonds. The number of nitrogens with one attached hydrogen (secondary N) is 2. The standard InChI is InChI=1S/C27H27FN4O4/c28-22-11-21-18(14-32(27(21)36)23-3-4-24(33)30-26(23)35)10-19(22)16-5-7-31(8-6-16)13-15-1-2-17-12-29-25(34)20(17)9-15/h1-2,9-11,16,23H,3-8,12-14H2,(H,29,34)(H,30,33,35). The highest BCUT2D eigenvalue weighted by Crippen LogP contribution is 2.35. The van der Waals surface area contributed by atoms with Crippen molar-refractivity contribution in [3.63, 3.8) is 0 Å². The van der Waals surface area contributed by atoms with Gasteiger partial charge in [-0.25, -0.2) is 4.39 Å². The van der Waals surface area contributed by atoms with Crippen molar-refractivity contribution in [3.05, 3.63) is 69.5 Å². The van der Waals surface area contributed by atoms with Gasteiger partial charge in [-0.3, -0.25) is 29.4 Å². The molecule has 2 saturated heterocycles. The summed E-state index contributed by atoms with van der Waals surface area (Å²) >= 11 is 0. The van der Waals surface area contributed by atoms with Crippen LogP contribution in [0.25, 0.3) is 0 Å². The summed E-state index contributed by atoms with van der Waals surface area (Å²) in [5.41, 5.74) is 4.55. The van der Waals surface area contributed by atoms with Gasteiger partial charge in [0, 0.05) is 37.2 Å². The molecule has 0 bridgehead atoms. The third-order valence-corrected chi connectivity index (χ3v) is 7.93. The van der Waals surface area contributed by atoms with E-state index in [1.165, 1.54) is 11.0 Å². The van der Waals surface area contributed by atoms with Crippen LogP contribution in [0.15, 0.2) is 30.3 Å². The number of piperidine rings is 2. The third-order valence-electron chi connectivity index (χ3n) is 7.93. The zero-order valence-electron chi connectivity index (χ0n) is 19.8. The van der Waals surface area contributed by atoms with Gasteiger partial charge in [-0.1, -0.05) is 18.2 Å². The van der Waals surface area contributed by atoms with Crippen LogP contribution in [0.2, 0.25) is 0 Å². The smallest absolute Gasteiger partial charge is 0.255 e. The molecule has 0 saturated carbocycles. The highest BCUT2D eigenvalue weighted by molar-refractivity contribution is 6.05. The number of benzene rings is 2. The number of hydrogen-bond acceptors (Lipinski definition) is 5. The average molecular weight is 491 g/mol. The zero-order chi connectivity index (χ0) is 25.0. The number of carbonyl (C=O) groups is 4. The number of rotatable bonds is 4. The fourth-order valence-electron chi connectivity index (χ4n) is 5.94. The Kier molecular flexibility index (Phi) is 5.59. The molecule has 1 atom stereocenters. The Morgan fingerprint density at radius 1 is 0.944 bits per heavy atom. The molecule has 2 fully saturated rings. The molecule has 1 unspecified atom stereocenters. The first kappa shape index (κ1) is 22.8. The van der Waals surface area contributed by atoms with Gasteiger partial charge in [-0.15, -0.1) is 0 Å². The number of nitrogens with zero attached hydrogens (tertiary/aromatic N) is 2. The van der Waals surface area contributed by atoms with Crippen molar-refractivity contribution in [1.29, 1.82) is 0 Å². The predicted molar refractivity (Wildman–Crippen MR) is 127 cm³/mol. The summed E-state index contributed by atoms with van der Waals surface area (Å²) in [5.74, 6) is -1.51. The van der Waals surface area contributed by atoms with Crippen molar-refractivity contribution in [2.24, 2.45) is 0 Å². The minimum atomic E-state index is -0.706. The van der Waals surface area contributed by atoms with Gasteiger partial charge in [-0.2, -0.15) is 0 Å². The first-order valence-corrected chi connectivity index (χ1v) is 12.5. The number of carbonyl (C=O) groups excluding carboxylic acids is 4. The molecular formula is C27H27FN4O4. The number of likely N-dealkylation sites (tertiary alicyclic amines) is 1. The van der Waals surface area contributed by atoms with Crippen LogP contribution in [0.4, 0.5) is 4.39 Å². The Morgan fingerprint density at radius 2 is 1.75 bits per heavy atom. The molecule has 6 rings (SSSR count). The maximum Gasteiger partial charge on any atom is 0.255 e. The van der Waals surface area contributed by atoms with Gasteiger partial charge in [0.15, 0.2) is 0 Å². The lowest BCUT2D eigenvalue weighted by molar-refractivity contribution is -0.136. The molecule has 2 aromatic rings. The minimum Gasteiger partial charge on any atom is -0.348 e. The van der Waals surface area contributed by atoms with Crippen molar-refractivity contribution >= 4 is 23.6 Å². The highest BCUT2D eigenvalue weighted by Gasteiger charge is 2.40. The fraction of sp³-hybridized carbons (Fsp3) is 0.407. The van der Waals surface area contributed by atoms with E-state index in [2.05, 4.69) is 21.6 Å². The quantitative estimate of drug-likeness (QED) is 0.641. The summed E-state index contributed by atoms with van der Waals surface area (Å²) in [6, 6.07) is 8.46. The van der Waals surface area contributed by atoms with E-state index < -0.39 is 11.9 Å². The molecule has 4 aliphatic rings. The number of hydrogen-bond donors (Lipinski definition) is 2. The van der Waals surface area contributed by atoms with Crippen LogP contribution < -0.4 is 10.6 Å². The van der Waals surface area contributed by atoms with Crippen molar-refractivity contribution < 1.29 is 23.6 Å². The normalized spacial score (nSPS) is 22.5. The van der Waals surface area contributed by atoms with Crippen molar-refractivity contribution in [3.8, 4) is 0 Å². The van der Waals surface area contributed by atoms with E-state index in [9.17, 15) is 19.2 Å². The van der Waals surface area contributed by atoms with Gasteiger partial charge in [0.2, 0.25) is 11.8 Å². The lowest BCUT2D eigenvalue weighted by Crippen LogP contribution is -2.52. The molecule has 186 valence electrons. The molecule has 0 aliphatic carbocycles. The van der Waals surface area contributed by atoms with Crippen molar-refractivity contribution in [2.45, 2.75) is 57.3 Å². The minimum absolute atomic E-state index is 0.0210. The SMILES string of the molecule is O=C1CCC(N2Cc3cc(C4CCN(Cc5ccc6c(c5)C(=O)NC6)CC4)c(F)cc3C2=O)C(=O)N1. The second-order valence-electron chi connectivity index (χ2n) is 10.2. The molecule has 0 radical (unpaired) electrons. The fourth-order valence-corrected chi connectivity index (χ4v) is 5.94. The number of fused-ring (bicyclic) bond motifs is 2. The van der Waals surface area contributed by atoms with Gasteiger partial charge < -0.3 is 10.2 Å². The Labute approximate surface area is 207 Å². The number of halogens is 1. The van der Waals surface area contributed by atoms with Crippen LogP contribution >= 0.6 is 0 Å². The maximum absolute atomic E-state index is 15.2. The highest BCUT2D eigenvalue weighted by atomic mass is 19.1. The van der Waals surface area contributed by atoms with Crippen LogP contribution in [-0.2, 0) is 29.2 Å². The molecule has 8 nitrogen and oxygen atoms in total. The second kappa shape index (κ2) is 8.81. The maximum atomic E-state index is 15.2. The lowest BCUT2D eigenvalue weighted by Gasteiger charge is -2.32. The van der Waals surface area contributed by atoms with E-state index in [-0.39, 0.29) is 48.8 Å². The Hall–Kier alpha value is -3.59. The van der Waals surface area contributed by atoms with Crippen molar-refractivity contribution in [2.75, 3.05) is 13.1 Å². The molecule has 4 aliphatic heterocycles. The molecule has 36 heavy (non-hydrogen) atoms. The van der Waals surface area contributed by atoms with Crippen LogP contribution in [0.5, 0.6) is 0 Å². The Bertz CT molecular complexity index is 1300.